The second kappa shape index (κ2) is 7.31. The highest BCUT2D eigenvalue weighted by Crippen LogP contribution is 2.33. The molecule has 0 saturated carbocycles. The van der Waals surface area contributed by atoms with E-state index in [1.54, 1.807) is 34.6 Å². The fourth-order valence-electron chi connectivity index (χ4n) is 0.960. The Labute approximate surface area is 118 Å². The number of halogens is 1. The minimum absolute atomic E-state index is 1.14. The molecule has 9 heteroatoms. The zero-order chi connectivity index (χ0) is 13.6. The minimum atomic E-state index is -4.94. The molecule has 0 aliphatic rings. The lowest BCUT2D eigenvalue weighted by atomic mass is 10.2. The number of benzene rings is 1. The van der Waals surface area contributed by atoms with Crippen molar-refractivity contribution in [3.63, 3.8) is 0 Å². The van der Waals surface area contributed by atoms with Gasteiger partial charge in [-0.25, -0.2) is 18.6 Å². The Kier molecular flexibility index (Phi) is 6.39. The summed E-state index contributed by atoms with van der Waals surface area (Å²) in [7, 11) is -4.94. The van der Waals surface area contributed by atoms with Crippen molar-refractivity contribution in [3.05, 3.63) is 30.3 Å². The maximum atomic E-state index is 8.49. The number of nitrogens with zero attached hydrogens (tertiary/aromatic N) is 1. The van der Waals surface area contributed by atoms with E-state index in [4.69, 9.17) is 18.6 Å². The van der Waals surface area contributed by atoms with Crippen LogP contribution < -0.4 is 18.6 Å². The summed E-state index contributed by atoms with van der Waals surface area (Å²) >= 11 is 5.03. The molecule has 0 radical (unpaired) electrons. The van der Waals surface area contributed by atoms with Crippen molar-refractivity contribution in [1.29, 1.82) is 0 Å². The third-order valence-corrected chi connectivity index (χ3v) is 4.82. The van der Waals surface area contributed by atoms with E-state index in [9.17, 15) is 0 Å². The molecule has 5 nitrogen and oxygen atoms in total. The van der Waals surface area contributed by atoms with Crippen LogP contribution in [0.25, 0.3) is 9.75 Å². The molecule has 18 heavy (non-hydrogen) atoms. The van der Waals surface area contributed by atoms with Crippen molar-refractivity contribution in [2.24, 2.45) is 0 Å². The van der Waals surface area contributed by atoms with Crippen molar-refractivity contribution < 1.29 is 28.9 Å². The standard InChI is InChI=1S/C9H8NS3.ClHO4/c1-11-9-10-13-8(12-9)7-5-3-2-4-6-7;2-1(3,4)5/h2-6H,1H3;(H,2,3,4,5)/q+1;/p-1. The number of rotatable bonds is 2. The SMILES string of the molecule is CSc1nsc(-c2ccccc2)[s+]1.[O-][Cl+3]([O-])([O-])[O-]. The van der Waals surface area contributed by atoms with Crippen LogP contribution in [0.3, 0.4) is 0 Å². The van der Waals surface area contributed by atoms with Crippen LogP contribution in [0.5, 0.6) is 0 Å². The lowest BCUT2D eigenvalue weighted by molar-refractivity contribution is -2.00. The molecule has 0 unspecified atom stereocenters. The Morgan fingerprint density at radius 1 is 1.17 bits per heavy atom. The molecule has 1 aromatic carbocycles. The highest BCUT2D eigenvalue weighted by atomic mass is 35.7. The second-order valence-electron chi connectivity index (χ2n) is 2.79. The van der Waals surface area contributed by atoms with Crippen LogP contribution in [-0.4, -0.2) is 10.6 Å². The summed E-state index contributed by atoms with van der Waals surface area (Å²) in [5, 5.41) is 0. The Balaban J connectivity index is 0.000000280. The van der Waals surface area contributed by atoms with E-state index in [0.717, 1.165) is 4.34 Å². The number of aromatic nitrogens is 1. The largest absolute Gasteiger partial charge is 0.311 e. The van der Waals surface area contributed by atoms with Crippen LogP contribution in [0.2, 0.25) is 0 Å². The van der Waals surface area contributed by atoms with Gasteiger partial charge in [0.15, 0.2) is 0 Å². The summed E-state index contributed by atoms with van der Waals surface area (Å²) in [6, 6.07) is 10.4. The minimum Gasteiger partial charge on any atom is -0.222 e. The van der Waals surface area contributed by atoms with E-state index in [1.165, 1.54) is 9.75 Å². The van der Waals surface area contributed by atoms with Crippen molar-refractivity contribution in [1.82, 2.24) is 4.37 Å². The van der Waals surface area contributed by atoms with Crippen molar-refractivity contribution in [3.8, 4) is 9.75 Å². The van der Waals surface area contributed by atoms with E-state index >= 15 is 0 Å². The molecule has 0 spiro atoms. The first-order valence-electron chi connectivity index (χ1n) is 4.41. The number of hydrogen-bond acceptors (Lipinski definition) is 7. The molecule has 2 aromatic rings. The van der Waals surface area contributed by atoms with Crippen LogP contribution >= 0.6 is 34.6 Å². The van der Waals surface area contributed by atoms with Crippen molar-refractivity contribution >= 4 is 34.6 Å². The van der Waals surface area contributed by atoms with E-state index < -0.39 is 10.2 Å². The first-order valence-corrected chi connectivity index (χ1v) is 8.46. The third-order valence-electron chi connectivity index (χ3n) is 1.57. The Hall–Kier alpha value is -0.320. The molecule has 1 heterocycles. The van der Waals surface area contributed by atoms with Crippen LogP contribution in [0.1, 0.15) is 0 Å². The van der Waals surface area contributed by atoms with Gasteiger partial charge in [0.2, 0.25) is 11.5 Å². The zero-order valence-corrected chi connectivity index (χ0v) is 12.3. The quantitative estimate of drug-likeness (QED) is 0.524. The first kappa shape index (κ1) is 15.7. The van der Waals surface area contributed by atoms with Crippen LogP contribution in [0.4, 0.5) is 0 Å². The van der Waals surface area contributed by atoms with Gasteiger partial charge < -0.3 is 0 Å². The fraction of sp³-hybridized carbons (Fsp3) is 0.111. The van der Waals surface area contributed by atoms with E-state index in [-0.39, 0.29) is 0 Å². The van der Waals surface area contributed by atoms with E-state index in [0.29, 0.717) is 0 Å². The second-order valence-corrected chi connectivity index (χ2v) is 6.63. The third kappa shape index (κ3) is 6.57. The molecule has 0 bridgehead atoms. The van der Waals surface area contributed by atoms with Crippen LogP contribution in [-0.2, 0) is 0 Å². The van der Waals surface area contributed by atoms with Gasteiger partial charge in [-0.15, -0.1) is 10.2 Å². The summed E-state index contributed by atoms with van der Waals surface area (Å²) in [5.41, 5.74) is 1.27. The molecule has 0 atom stereocenters. The molecule has 2 rings (SSSR count). The number of hydrogen-bond donors (Lipinski definition) is 0. The zero-order valence-electron chi connectivity index (χ0n) is 9.07. The predicted molar refractivity (Wildman–Crippen MR) is 61.6 cm³/mol. The van der Waals surface area contributed by atoms with E-state index in [1.807, 2.05) is 6.07 Å². The molecule has 0 N–H and O–H groups in total. The molecule has 0 aliphatic carbocycles. The smallest absolute Gasteiger partial charge is 0.222 e. The Morgan fingerprint density at radius 2 is 1.72 bits per heavy atom. The van der Waals surface area contributed by atoms with Crippen LogP contribution in [0, 0.1) is 10.2 Å². The van der Waals surface area contributed by atoms with Gasteiger partial charge in [-0.2, -0.15) is 0 Å². The summed E-state index contributed by atoms with van der Waals surface area (Å²) < 4.78 is 40.7. The summed E-state index contributed by atoms with van der Waals surface area (Å²) in [4.78, 5) is 0. The van der Waals surface area contributed by atoms with Gasteiger partial charge in [-0.3, -0.25) is 0 Å². The summed E-state index contributed by atoms with van der Waals surface area (Å²) in [6.07, 6.45) is 2.06. The predicted octanol–water partition coefficient (Wildman–Crippen LogP) is -0.881. The van der Waals surface area contributed by atoms with Gasteiger partial charge >= 0.3 is 4.19 Å². The Morgan fingerprint density at radius 3 is 2.17 bits per heavy atom. The first-order chi connectivity index (χ1) is 8.40. The molecule has 0 amide bonds. The lowest BCUT2D eigenvalue weighted by Crippen LogP contribution is -2.68. The molecule has 0 fully saturated rings. The number of thioether (sulfide) groups is 1. The summed E-state index contributed by atoms with van der Waals surface area (Å²) in [5.74, 6) is 0. The topological polar surface area (TPSA) is 105 Å². The maximum Gasteiger partial charge on any atom is 0.311 e. The molecule has 1 aromatic heterocycles. The summed E-state index contributed by atoms with van der Waals surface area (Å²) in [6.45, 7) is 0. The van der Waals surface area contributed by atoms with Gasteiger partial charge in [0.25, 0.3) is 4.34 Å². The average molecular weight is 326 g/mol. The maximum absolute atomic E-state index is 8.49. The van der Waals surface area contributed by atoms with Gasteiger partial charge in [0.1, 0.15) is 11.3 Å². The van der Waals surface area contributed by atoms with Crippen LogP contribution in [0.15, 0.2) is 34.7 Å². The van der Waals surface area contributed by atoms with Crippen molar-refractivity contribution in [2.45, 2.75) is 4.34 Å². The highest BCUT2D eigenvalue weighted by molar-refractivity contribution is 8.00. The monoisotopic (exact) mass is 325 g/mol. The molecule has 98 valence electrons. The molecular weight excluding hydrogens is 318 g/mol. The van der Waals surface area contributed by atoms with Gasteiger partial charge in [-0.05, 0) is 22.8 Å². The van der Waals surface area contributed by atoms with Gasteiger partial charge in [-0.1, -0.05) is 30.0 Å². The van der Waals surface area contributed by atoms with Gasteiger partial charge in [0, 0.05) is 0 Å². The molecular formula is C9H8ClNO4S3. The normalized spacial score (nSPS) is 10.7. The fourth-order valence-corrected chi connectivity index (χ4v) is 3.68. The molecule has 0 aliphatic heterocycles. The van der Waals surface area contributed by atoms with Gasteiger partial charge in [0.05, 0.1) is 5.56 Å². The van der Waals surface area contributed by atoms with E-state index in [2.05, 4.69) is 34.9 Å². The highest BCUT2D eigenvalue weighted by Gasteiger charge is 2.16. The molecule has 0 saturated heterocycles. The average Bonchev–Trinajstić information content (AvgIpc) is 2.76. The Bertz CT molecular complexity index is 468. The van der Waals surface area contributed by atoms with Crippen molar-refractivity contribution in [2.75, 3.05) is 6.26 Å². The lowest BCUT2D eigenvalue weighted by Gasteiger charge is -2.17.